The summed E-state index contributed by atoms with van der Waals surface area (Å²) in [5, 5.41) is 3.62. The highest BCUT2D eigenvalue weighted by Crippen LogP contribution is 2.16. The Morgan fingerprint density at radius 1 is 1.31 bits per heavy atom. The number of benzene rings is 1. The quantitative estimate of drug-likeness (QED) is 0.839. The molecule has 2 heteroatoms. The lowest BCUT2D eigenvalue weighted by Crippen LogP contribution is -2.39. The van der Waals surface area contributed by atoms with Crippen LogP contribution in [0.4, 0.5) is 5.69 Å². The molecule has 0 radical (unpaired) electrons. The minimum absolute atomic E-state index is 0.617. The van der Waals surface area contributed by atoms with Gasteiger partial charge in [0.05, 0.1) is 0 Å². The van der Waals surface area contributed by atoms with E-state index >= 15 is 0 Å². The first-order valence-electron chi connectivity index (χ1n) is 6.32. The van der Waals surface area contributed by atoms with Crippen molar-refractivity contribution in [3.05, 3.63) is 29.8 Å². The van der Waals surface area contributed by atoms with Gasteiger partial charge in [0.15, 0.2) is 0 Å². The fourth-order valence-corrected chi connectivity index (χ4v) is 2.36. The Balaban J connectivity index is 1.92. The molecule has 1 fully saturated rings. The third-order valence-electron chi connectivity index (χ3n) is 3.36. The average Bonchev–Trinajstić information content (AvgIpc) is 2.30. The van der Waals surface area contributed by atoms with Gasteiger partial charge in [-0.05, 0) is 50.6 Å². The zero-order valence-electron chi connectivity index (χ0n) is 10.4. The molecule has 2 nitrogen and oxygen atoms in total. The van der Waals surface area contributed by atoms with Gasteiger partial charge in [-0.15, -0.1) is 0 Å². The highest BCUT2D eigenvalue weighted by Gasteiger charge is 2.16. The fourth-order valence-electron chi connectivity index (χ4n) is 2.36. The Kier molecular flexibility index (Phi) is 3.83. The average molecular weight is 218 g/mol. The predicted molar refractivity (Wildman–Crippen MR) is 70.0 cm³/mol. The molecule has 16 heavy (non-hydrogen) atoms. The van der Waals surface area contributed by atoms with Crippen LogP contribution in [0, 0.1) is 0 Å². The van der Waals surface area contributed by atoms with Gasteiger partial charge in [-0.25, -0.2) is 0 Å². The molecule has 1 atom stereocenters. The van der Waals surface area contributed by atoms with Crippen LogP contribution in [-0.2, 0) is 6.42 Å². The zero-order valence-corrected chi connectivity index (χ0v) is 10.4. The molecule has 1 N–H and O–H groups in total. The van der Waals surface area contributed by atoms with E-state index in [9.17, 15) is 0 Å². The Morgan fingerprint density at radius 2 is 2.06 bits per heavy atom. The first-order valence-corrected chi connectivity index (χ1v) is 6.32. The molecule has 0 saturated carbocycles. The summed E-state index contributed by atoms with van der Waals surface area (Å²) in [6, 6.07) is 9.45. The van der Waals surface area contributed by atoms with Crippen LogP contribution < -0.4 is 5.32 Å². The van der Waals surface area contributed by atoms with E-state index in [1.807, 2.05) is 0 Å². The van der Waals surface area contributed by atoms with Gasteiger partial charge < -0.3 is 10.2 Å². The third kappa shape index (κ3) is 2.99. The van der Waals surface area contributed by atoms with Crippen molar-refractivity contribution in [2.45, 2.75) is 32.2 Å². The van der Waals surface area contributed by atoms with Crippen LogP contribution in [0.3, 0.4) is 0 Å². The van der Waals surface area contributed by atoms with Crippen molar-refractivity contribution >= 4 is 5.69 Å². The SMILES string of the molecule is CCc1ccc(NC2CCCN(C)C2)cc1. The summed E-state index contributed by atoms with van der Waals surface area (Å²) < 4.78 is 0. The van der Waals surface area contributed by atoms with E-state index in [-0.39, 0.29) is 0 Å². The lowest BCUT2D eigenvalue weighted by atomic mass is 10.1. The number of likely N-dealkylation sites (tertiary alicyclic amines) is 1. The van der Waals surface area contributed by atoms with Gasteiger partial charge in [-0.1, -0.05) is 19.1 Å². The van der Waals surface area contributed by atoms with Gasteiger partial charge in [0.2, 0.25) is 0 Å². The number of aryl methyl sites for hydroxylation is 1. The highest BCUT2D eigenvalue weighted by molar-refractivity contribution is 5.45. The van der Waals surface area contributed by atoms with E-state index in [0.717, 1.165) is 13.0 Å². The number of likely N-dealkylation sites (N-methyl/N-ethyl adjacent to an activating group) is 1. The molecule has 1 aromatic carbocycles. The Bertz CT molecular complexity index is 318. The number of nitrogens with zero attached hydrogens (tertiary/aromatic N) is 1. The van der Waals surface area contributed by atoms with Crippen LogP contribution in [0.15, 0.2) is 24.3 Å². The molecule has 2 rings (SSSR count). The van der Waals surface area contributed by atoms with Gasteiger partial charge in [0.25, 0.3) is 0 Å². The number of nitrogens with one attached hydrogen (secondary N) is 1. The molecule has 0 aliphatic carbocycles. The fraction of sp³-hybridized carbons (Fsp3) is 0.571. The molecule has 1 heterocycles. The maximum absolute atomic E-state index is 3.62. The minimum Gasteiger partial charge on any atom is -0.381 e. The molecule has 1 aliphatic heterocycles. The second-order valence-corrected chi connectivity index (χ2v) is 4.80. The van der Waals surface area contributed by atoms with E-state index in [2.05, 4.69) is 48.5 Å². The van der Waals surface area contributed by atoms with E-state index in [1.54, 1.807) is 0 Å². The normalized spacial score (nSPS) is 22.0. The van der Waals surface area contributed by atoms with Crippen molar-refractivity contribution in [1.82, 2.24) is 4.90 Å². The number of hydrogen-bond donors (Lipinski definition) is 1. The molecule has 1 unspecified atom stereocenters. The lowest BCUT2D eigenvalue weighted by Gasteiger charge is -2.30. The van der Waals surface area contributed by atoms with Gasteiger partial charge >= 0.3 is 0 Å². The molecule has 0 amide bonds. The van der Waals surface area contributed by atoms with Crippen LogP contribution in [0.2, 0.25) is 0 Å². The molecule has 1 aliphatic rings. The summed E-state index contributed by atoms with van der Waals surface area (Å²) in [7, 11) is 2.20. The van der Waals surface area contributed by atoms with Gasteiger partial charge in [-0.3, -0.25) is 0 Å². The molecular weight excluding hydrogens is 196 g/mol. The molecule has 0 spiro atoms. The highest BCUT2D eigenvalue weighted by atomic mass is 15.1. The van der Waals surface area contributed by atoms with E-state index < -0.39 is 0 Å². The van der Waals surface area contributed by atoms with Crippen molar-refractivity contribution < 1.29 is 0 Å². The second-order valence-electron chi connectivity index (χ2n) is 4.80. The van der Waals surface area contributed by atoms with E-state index in [0.29, 0.717) is 6.04 Å². The summed E-state index contributed by atoms with van der Waals surface area (Å²) >= 11 is 0. The largest absolute Gasteiger partial charge is 0.381 e. The lowest BCUT2D eigenvalue weighted by molar-refractivity contribution is 0.261. The van der Waals surface area contributed by atoms with E-state index in [4.69, 9.17) is 0 Å². The number of hydrogen-bond acceptors (Lipinski definition) is 2. The molecule has 1 aromatic rings. The monoisotopic (exact) mass is 218 g/mol. The summed E-state index contributed by atoms with van der Waals surface area (Å²) in [4.78, 5) is 2.40. The minimum atomic E-state index is 0.617. The Hall–Kier alpha value is -1.02. The topological polar surface area (TPSA) is 15.3 Å². The Morgan fingerprint density at radius 3 is 2.69 bits per heavy atom. The Labute approximate surface area is 98.7 Å². The van der Waals surface area contributed by atoms with Crippen molar-refractivity contribution in [3.8, 4) is 0 Å². The van der Waals surface area contributed by atoms with Crippen molar-refractivity contribution in [3.63, 3.8) is 0 Å². The number of rotatable bonds is 3. The van der Waals surface area contributed by atoms with Crippen LogP contribution in [0.1, 0.15) is 25.3 Å². The molecule has 88 valence electrons. The van der Waals surface area contributed by atoms with Gasteiger partial charge in [-0.2, -0.15) is 0 Å². The summed E-state index contributed by atoms with van der Waals surface area (Å²) in [6.45, 7) is 4.60. The maximum atomic E-state index is 3.62. The molecule has 0 aromatic heterocycles. The van der Waals surface area contributed by atoms with Crippen LogP contribution >= 0.6 is 0 Å². The van der Waals surface area contributed by atoms with Crippen molar-refractivity contribution in [1.29, 1.82) is 0 Å². The molecular formula is C14H22N2. The summed E-state index contributed by atoms with van der Waals surface area (Å²) in [5.74, 6) is 0. The maximum Gasteiger partial charge on any atom is 0.0388 e. The zero-order chi connectivity index (χ0) is 11.4. The van der Waals surface area contributed by atoms with Gasteiger partial charge in [0, 0.05) is 18.3 Å². The van der Waals surface area contributed by atoms with Gasteiger partial charge in [0.1, 0.15) is 0 Å². The van der Waals surface area contributed by atoms with Crippen LogP contribution in [-0.4, -0.2) is 31.1 Å². The van der Waals surface area contributed by atoms with Crippen molar-refractivity contribution in [2.75, 3.05) is 25.5 Å². The standard InChI is InChI=1S/C14H22N2/c1-3-12-6-8-13(9-7-12)15-14-5-4-10-16(2)11-14/h6-9,14-15H,3-5,10-11H2,1-2H3. The third-order valence-corrected chi connectivity index (χ3v) is 3.36. The van der Waals surface area contributed by atoms with Crippen LogP contribution in [0.5, 0.6) is 0 Å². The number of anilines is 1. The van der Waals surface area contributed by atoms with Crippen LogP contribution in [0.25, 0.3) is 0 Å². The first kappa shape index (κ1) is 11.5. The number of piperidine rings is 1. The smallest absolute Gasteiger partial charge is 0.0388 e. The van der Waals surface area contributed by atoms with E-state index in [1.165, 1.54) is 30.6 Å². The molecule has 1 saturated heterocycles. The molecule has 0 bridgehead atoms. The first-order chi connectivity index (χ1) is 7.78. The summed E-state index contributed by atoms with van der Waals surface area (Å²) in [5.41, 5.74) is 2.67. The summed E-state index contributed by atoms with van der Waals surface area (Å²) in [6.07, 6.45) is 3.72. The predicted octanol–water partition coefficient (Wildman–Crippen LogP) is 2.76. The second kappa shape index (κ2) is 5.35. The van der Waals surface area contributed by atoms with Crippen molar-refractivity contribution in [2.24, 2.45) is 0 Å².